The van der Waals surface area contributed by atoms with Crippen LogP contribution in [0.3, 0.4) is 0 Å². The van der Waals surface area contributed by atoms with Crippen molar-refractivity contribution in [2.24, 2.45) is 0 Å². The number of hydrogen-bond acceptors (Lipinski definition) is 3. The Morgan fingerprint density at radius 1 is 0.727 bits per heavy atom. The van der Waals surface area contributed by atoms with E-state index in [4.69, 9.17) is 9.47 Å². The highest BCUT2D eigenvalue weighted by Crippen LogP contribution is 2.33. The van der Waals surface area contributed by atoms with Crippen molar-refractivity contribution in [1.82, 2.24) is 10.6 Å². The highest BCUT2D eigenvalue weighted by atomic mass is 16.5. The molecule has 0 saturated carbocycles. The number of carbonyl (C=O) groups is 1. The molecular formula is C17H18N2O3. The van der Waals surface area contributed by atoms with Gasteiger partial charge in [0.15, 0.2) is 0 Å². The summed E-state index contributed by atoms with van der Waals surface area (Å²) in [4.78, 5) is 11.8. The number of amides is 2. The number of nitrogens with one attached hydrogen (secondary N) is 2. The van der Waals surface area contributed by atoms with E-state index in [0.29, 0.717) is 0 Å². The van der Waals surface area contributed by atoms with Gasteiger partial charge in [0.25, 0.3) is 0 Å². The third-order valence-corrected chi connectivity index (χ3v) is 3.86. The molecule has 2 amide bonds. The van der Waals surface area contributed by atoms with Gasteiger partial charge in [0.05, 0.1) is 26.3 Å². The number of hydrogen-bond donors (Lipinski definition) is 2. The molecular weight excluding hydrogens is 280 g/mol. The second kappa shape index (κ2) is 5.97. The van der Waals surface area contributed by atoms with Gasteiger partial charge in [-0.3, -0.25) is 0 Å². The molecule has 1 saturated heterocycles. The number of methoxy groups -OCH3 is 2. The summed E-state index contributed by atoms with van der Waals surface area (Å²) in [5, 5.41) is 5.93. The van der Waals surface area contributed by atoms with Crippen LogP contribution in [0.15, 0.2) is 48.5 Å². The molecule has 1 fully saturated rings. The van der Waals surface area contributed by atoms with Crippen molar-refractivity contribution in [1.29, 1.82) is 0 Å². The maximum atomic E-state index is 11.8. The van der Waals surface area contributed by atoms with Crippen LogP contribution in [-0.2, 0) is 0 Å². The number of ether oxygens (including phenoxy) is 2. The van der Waals surface area contributed by atoms with Gasteiger partial charge in [-0.05, 0) is 35.4 Å². The number of rotatable bonds is 4. The van der Waals surface area contributed by atoms with Crippen LogP contribution in [0.1, 0.15) is 23.2 Å². The highest BCUT2D eigenvalue weighted by Gasteiger charge is 2.33. The molecule has 1 aliphatic rings. The molecule has 1 heterocycles. The lowest BCUT2D eigenvalue weighted by molar-refractivity contribution is 0.247. The maximum Gasteiger partial charge on any atom is 0.315 e. The van der Waals surface area contributed by atoms with Gasteiger partial charge in [-0.15, -0.1) is 0 Å². The Hall–Kier alpha value is -2.69. The van der Waals surface area contributed by atoms with Gasteiger partial charge in [-0.25, -0.2) is 4.79 Å². The lowest BCUT2D eigenvalue weighted by atomic mass is 9.95. The Labute approximate surface area is 129 Å². The second-order valence-electron chi connectivity index (χ2n) is 5.12. The van der Waals surface area contributed by atoms with Crippen molar-refractivity contribution in [2.45, 2.75) is 12.1 Å². The molecule has 0 bridgehead atoms. The fourth-order valence-corrected chi connectivity index (χ4v) is 2.66. The first-order chi connectivity index (χ1) is 10.7. The number of carbonyl (C=O) groups excluding carboxylic acids is 1. The number of benzene rings is 2. The van der Waals surface area contributed by atoms with Crippen molar-refractivity contribution in [2.75, 3.05) is 14.2 Å². The normalized spacial score (nSPS) is 20.2. The molecule has 114 valence electrons. The van der Waals surface area contributed by atoms with Gasteiger partial charge in [0.2, 0.25) is 0 Å². The van der Waals surface area contributed by atoms with Crippen molar-refractivity contribution >= 4 is 6.03 Å². The maximum absolute atomic E-state index is 11.8. The van der Waals surface area contributed by atoms with Gasteiger partial charge >= 0.3 is 6.03 Å². The van der Waals surface area contributed by atoms with Gasteiger partial charge in [0.1, 0.15) is 11.5 Å². The van der Waals surface area contributed by atoms with E-state index in [0.717, 1.165) is 22.6 Å². The minimum Gasteiger partial charge on any atom is -0.497 e. The summed E-state index contributed by atoms with van der Waals surface area (Å²) in [6.07, 6.45) is 0. The van der Waals surface area contributed by atoms with Crippen molar-refractivity contribution in [3.63, 3.8) is 0 Å². The van der Waals surface area contributed by atoms with Gasteiger partial charge in [-0.2, -0.15) is 0 Å². The largest absolute Gasteiger partial charge is 0.497 e. The van der Waals surface area contributed by atoms with Crippen LogP contribution >= 0.6 is 0 Å². The zero-order chi connectivity index (χ0) is 15.5. The fourth-order valence-electron chi connectivity index (χ4n) is 2.66. The second-order valence-corrected chi connectivity index (χ2v) is 5.12. The zero-order valence-corrected chi connectivity index (χ0v) is 12.5. The molecule has 3 rings (SSSR count). The molecule has 2 aromatic rings. The van der Waals surface area contributed by atoms with Crippen LogP contribution in [0.2, 0.25) is 0 Å². The third kappa shape index (κ3) is 2.70. The fraction of sp³-hybridized carbons (Fsp3) is 0.235. The third-order valence-electron chi connectivity index (χ3n) is 3.86. The lowest BCUT2D eigenvalue weighted by Crippen LogP contribution is -2.21. The summed E-state index contributed by atoms with van der Waals surface area (Å²) >= 11 is 0. The average molecular weight is 298 g/mol. The van der Waals surface area contributed by atoms with Gasteiger partial charge in [0, 0.05) is 0 Å². The highest BCUT2D eigenvalue weighted by molar-refractivity contribution is 5.78. The van der Waals surface area contributed by atoms with Crippen LogP contribution in [0, 0.1) is 0 Å². The van der Waals surface area contributed by atoms with E-state index in [1.807, 2.05) is 48.5 Å². The molecule has 22 heavy (non-hydrogen) atoms. The molecule has 0 radical (unpaired) electrons. The Morgan fingerprint density at radius 2 is 1.09 bits per heavy atom. The first kappa shape index (κ1) is 14.3. The van der Waals surface area contributed by atoms with E-state index < -0.39 is 0 Å². The number of urea groups is 1. The summed E-state index contributed by atoms with van der Waals surface area (Å²) in [6.45, 7) is 0. The molecule has 2 atom stereocenters. The predicted octanol–water partition coefficient (Wildman–Crippen LogP) is 2.80. The smallest absolute Gasteiger partial charge is 0.315 e. The molecule has 5 heteroatoms. The molecule has 1 aliphatic heterocycles. The van der Waals surface area contributed by atoms with E-state index in [1.54, 1.807) is 14.2 Å². The average Bonchev–Trinajstić information content (AvgIpc) is 2.97. The molecule has 2 aromatic carbocycles. The molecule has 1 unspecified atom stereocenters. The van der Waals surface area contributed by atoms with Gasteiger partial charge in [-0.1, -0.05) is 24.3 Å². The summed E-state index contributed by atoms with van der Waals surface area (Å²) in [5.41, 5.74) is 2.06. The van der Waals surface area contributed by atoms with E-state index in [9.17, 15) is 4.79 Å². The van der Waals surface area contributed by atoms with Crippen LogP contribution in [-0.4, -0.2) is 20.3 Å². The summed E-state index contributed by atoms with van der Waals surface area (Å²) < 4.78 is 10.3. The summed E-state index contributed by atoms with van der Waals surface area (Å²) in [6, 6.07) is 15.0. The SMILES string of the molecule is COc1ccc(C2NC(=O)N[C@@H]2c2ccc(OC)cc2)cc1. The van der Waals surface area contributed by atoms with Crippen molar-refractivity contribution in [3.05, 3.63) is 59.7 Å². The molecule has 0 aromatic heterocycles. The van der Waals surface area contributed by atoms with Crippen LogP contribution in [0.4, 0.5) is 4.79 Å². The molecule has 2 N–H and O–H groups in total. The first-order valence-corrected chi connectivity index (χ1v) is 7.06. The predicted molar refractivity (Wildman–Crippen MR) is 83.1 cm³/mol. The molecule has 0 spiro atoms. The minimum absolute atomic E-state index is 0.119. The van der Waals surface area contributed by atoms with Crippen LogP contribution in [0.5, 0.6) is 11.5 Å². The molecule has 5 nitrogen and oxygen atoms in total. The van der Waals surface area contributed by atoms with Crippen molar-refractivity contribution < 1.29 is 14.3 Å². The standard InChI is InChI=1S/C17H18N2O3/c1-21-13-7-3-11(4-8-13)15-16(19-17(20)18-15)12-5-9-14(22-2)10-6-12/h3-10,15-16H,1-2H3,(H2,18,19,20)/t15-,16?/m1/s1. The zero-order valence-electron chi connectivity index (χ0n) is 12.5. The molecule has 0 aliphatic carbocycles. The summed E-state index contributed by atoms with van der Waals surface area (Å²) in [7, 11) is 3.27. The quantitative estimate of drug-likeness (QED) is 0.912. The van der Waals surface area contributed by atoms with Crippen LogP contribution < -0.4 is 20.1 Å². The van der Waals surface area contributed by atoms with Crippen molar-refractivity contribution in [3.8, 4) is 11.5 Å². The Bertz CT molecular complexity index is 595. The first-order valence-electron chi connectivity index (χ1n) is 7.06. The monoisotopic (exact) mass is 298 g/mol. The van der Waals surface area contributed by atoms with E-state index in [-0.39, 0.29) is 18.1 Å². The topological polar surface area (TPSA) is 59.6 Å². The lowest BCUT2D eigenvalue weighted by Gasteiger charge is -2.19. The Balaban J connectivity index is 1.88. The van der Waals surface area contributed by atoms with E-state index >= 15 is 0 Å². The van der Waals surface area contributed by atoms with E-state index in [1.165, 1.54) is 0 Å². The Morgan fingerprint density at radius 3 is 1.41 bits per heavy atom. The Kier molecular flexibility index (Phi) is 3.87. The summed E-state index contributed by atoms with van der Waals surface area (Å²) in [5.74, 6) is 1.59. The van der Waals surface area contributed by atoms with E-state index in [2.05, 4.69) is 10.6 Å². The van der Waals surface area contributed by atoms with Gasteiger partial charge < -0.3 is 20.1 Å². The van der Waals surface area contributed by atoms with Crippen LogP contribution in [0.25, 0.3) is 0 Å². The minimum atomic E-state index is -0.165.